The van der Waals surface area contributed by atoms with Crippen LogP contribution in [0.25, 0.3) is 0 Å². The zero-order chi connectivity index (χ0) is 8.20. The molecule has 0 aliphatic carbocycles. The van der Waals surface area contributed by atoms with Gasteiger partial charge in [0.1, 0.15) is 0 Å². The van der Waals surface area contributed by atoms with Crippen molar-refractivity contribution < 1.29 is 10.2 Å². The van der Waals surface area contributed by atoms with E-state index in [2.05, 4.69) is 0 Å². The van der Waals surface area contributed by atoms with Crippen LogP contribution >= 0.6 is 0 Å². The number of hydrogen-bond acceptors (Lipinski definition) is 2. The number of aliphatic hydroxyl groups is 2. The van der Waals surface area contributed by atoms with E-state index in [0.717, 1.165) is 5.57 Å². The van der Waals surface area contributed by atoms with Gasteiger partial charge in [0.2, 0.25) is 0 Å². The summed E-state index contributed by atoms with van der Waals surface area (Å²) in [7, 11) is 0. The van der Waals surface area contributed by atoms with Crippen molar-refractivity contribution in [1.82, 2.24) is 0 Å². The minimum atomic E-state index is -0.656. The molecule has 0 heterocycles. The van der Waals surface area contributed by atoms with Gasteiger partial charge in [0.25, 0.3) is 0 Å². The van der Waals surface area contributed by atoms with E-state index in [1.165, 1.54) is 0 Å². The molecule has 2 heteroatoms. The van der Waals surface area contributed by atoms with Gasteiger partial charge in [-0.25, -0.2) is 0 Å². The lowest BCUT2D eigenvalue weighted by Crippen LogP contribution is -2.16. The molecule has 0 rings (SSSR count). The van der Waals surface area contributed by atoms with Gasteiger partial charge in [0.05, 0.1) is 12.2 Å². The Morgan fingerprint density at radius 2 is 2.00 bits per heavy atom. The molecule has 10 heavy (non-hydrogen) atoms. The predicted molar refractivity (Wildman–Crippen MR) is 41.8 cm³/mol. The highest BCUT2D eigenvalue weighted by atomic mass is 16.3. The van der Waals surface area contributed by atoms with Crippen LogP contribution in [0.4, 0.5) is 0 Å². The molecule has 0 aliphatic rings. The summed E-state index contributed by atoms with van der Waals surface area (Å²) in [5, 5.41) is 17.8. The molecule has 0 saturated carbocycles. The van der Waals surface area contributed by atoms with Crippen molar-refractivity contribution in [2.75, 3.05) is 6.61 Å². The Labute approximate surface area is 62.2 Å². The molecule has 0 aromatic carbocycles. The van der Waals surface area contributed by atoms with E-state index < -0.39 is 5.60 Å². The highest BCUT2D eigenvalue weighted by Gasteiger charge is 2.09. The van der Waals surface area contributed by atoms with Crippen LogP contribution in [-0.2, 0) is 0 Å². The Morgan fingerprint density at radius 3 is 2.30 bits per heavy atom. The SMILES string of the molecule is C/C(=C\CC(C)(C)O)CO. The van der Waals surface area contributed by atoms with Crippen LogP contribution < -0.4 is 0 Å². The molecule has 0 aromatic rings. The summed E-state index contributed by atoms with van der Waals surface area (Å²) in [6, 6.07) is 0. The second-order valence-electron chi connectivity index (χ2n) is 3.23. The topological polar surface area (TPSA) is 40.5 Å². The van der Waals surface area contributed by atoms with Crippen LogP contribution in [0.2, 0.25) is 0 Å². The first-order chi connectivity index (χ1) is 4.45. The van der Waals surface area contributed by atoms with Gasteiger partial charge in [-0.2, -0.15) is 0 Å². The van der Waals surface area contributed by atoms with Crippen molar-refractivity contribution >= 4 is 0 Å². The second kappa shape index (κ2) is 3.74. The molecule has 0 radical (unpaired) electrons. The van der Waals surface area contributed by atoms with E-state index >= 15 is 0 Å². The Bertz CT molecular complexity index is 120. The summed E-state index contributed by atoms with van der Waals surface area (Å²) >= 11 is 0. The number of hydrogen-bond donors (Lipinski definition) is 2. The third-order valence-electron chi connectivity index (χ3n) is 1.20. The lowest BCUT2D eigenvalue weighted by atomic mass is 10.0. The summed E-state index contributed by atoms with van der Waals surface area (Å²) in [4.78, 5) is 0. The zero-order valence-corrected chi connectivity index (χ0v) is 6.89. The predicted octanol–water partition coefficient (Wildman–Crippen LogP) is 1.09. The van der Waals surface area contributed by atoms with E-state index in [1.807, 2.05) is 13.0 Å². The van der Waals surface area contributed by atoms with Crippen molar-refractivity contribution in [3.8, 4) is 0 Å². The van der Waals surface area contributed by atoms with E-state index in [-0.39, 0.29) is 6.61 Å². The largest absolute Gasteiger partial charge is 0.392 e. The molecule has 0 bridgehead atoms. The molecule has 0 unspecified atom stereocenters. The maximum absolute atomic E-state index is 9.24. The lowest BCUT2D eigenvalue weighted by Gasteiger charge is -2.13. The van der Waals surface area contributed by atoms with Crippen molar-refractivity contribution in [3.63, 3.8) is 0 Å². The quantitative estimate of drug-likeness (QED) is 0.582. The Morgan fingerprint density at radius 1 is 1.50 bits per heavy atom. The summed E-state index contributed by atoms with van der Waals surface area (Å²) in [5.74, 6) is 0. The number of aliphatic hydroxyl groups excluding tert-OH is 1. The normalized spacial score (nSPS) is 13.9. The first-order valence-corrected chi connectivity index (χ1v) is 3.44. The smallest absolute Gasteiger partial charge is 0.0639 e. The van der Waals surface area contributed by atoms with Gasteiger partial charge in [-0.05, 0) is 27.2 Å². The fourth-order valence-electron chi connectivity index (χ4n) is 0.489. The molecule has 0 saturated heterocycles. The van der Waals surface area contributed by atoms with Gasteiger partial charge in [-0.3, -0.25) is 0 Å². The van der Waals surface area contributed by atoms with Crippen molar-refractivity contribution in [2.45, 2.75) is 32.8 Å². The molecule has 60 valence electrons. The van der Waals surface area contributed by atoms with Crippen molar-refractivity contribution in [1.29, 1.82) is 0 Å². The molecular formula is C8H16O2. The van der Waals surface area contributed by atoms with E-state index in [9.17, 15) is 5.11 Å². The summed E-state index contributed by atoms with van der Waals surface area (Å²) in [6.45, 7) is 5.41. The van der Waals surface area contributed by atoms with E-state index in [1.54, 1.807) is 13.8 Å². The fourth-order valence-corrected chi connectivity index (χ4v) is 0.489. The lowest BCUT2D eigenvalue weighted by molar-refractivity contribution is 0.0835. The highest BCUT2D eigenvalue weighted by Crippen LogP contribution is 2.09. The Hall–Kier alpha value is -0.340. The Kier molecular flexibility index (Phi) is 3.61. The minimum Gasteiger partial charge on any atom is -0.392 e. The van der Waals surface area contributed by atoms with Crippen molar-refractivity contribution in [3.05, 3.63) is 11.6 Å². The third-order valence-corrected chi connectivity index (χ3v) is 1.20. The fraction of sp³-hybridized carbons (Fsp3) is 0.750. The summed E-state index contributed by atoms with van der Waals surface area (Å²) in [5.41, 5.74) is 0.248. The first-order valence-electron chi connectivity index (χ1n) is 3.44. The Balaban J connectivity index is 3.73. The van der Waals surface area contributed by atoms with E-state index in [4.69, 9.17) is 5.11 Å². The van der Waals surface area contributed by atoms with Crippen LogP contribution in [0.5, 0.6) is 0 Å². The van der Waals surface area contributed by atoms with E-state index in [0.29, 0.717) is 6.42 Å². The molecule has 2 nitrogen and oxygen atoms in total. The van der Waals surface area contributed by atoms with Crippen LogP contribution in [0.15, 0.2) is 11.6 Å². The van der Waals surface area contributed by atoms with Crippen LogP contribution in [-0.4, -0.2) is 22.4 Å². The molecule has 0 spiro atoms. The molecule has 2 N–H and O–H groups in total. The van der Waals surface area contributed by atoms with Crippen LogP contribution in [0.3, 0.4) is 0 Å². The standard InChI is InChI=1S/C8H16O2/c1-7(6-9)4-5-8(2,3)10/h4,9-10H,5-6H2,1-3H3/b7-4+. The monoisotopic (exact) mass is 144 g/mol. The van der Waals surface area contributed by atoms with Gasteiger partial charge >= 0.3 is 0 Å². The van der Waals surface area contributed by atoms with Crippen LogP contribution in [0.1, 0.15) is 27.2 Å². The van der Waals surface area contributed by atoms with Crippen LogP contribution in [0, 0.1) is 0 Å². The molecule has 0 aliphatic heterocycles. The maximum Gasteiger partial charge on any atom is 0.0639 e. The summed E-state index contributed by atoms with van der Waals surface area (Å²) < 4.78 is 0. The molecule has 0 aromatic heterocycles. The summed E-state index contributed by atoms with van der Waals surface area (Å²) in [6.07, 6.45) is 2.44. The average Bonchev–Trinajstić information content (AvgIpc) is 1.81. The number of rotatable bonds is 3. The molecule has 0 atom stereocenters. The zero-order valence-electron chi connectivity index (χ0n) is 6.89. The minimum absolute atomic E-state index is 0.0794. The molecule has 0 amide bonds. The molecular weight excluding hydrogens is 128 g/mol. The highest BCUT2D eigenvalue weighted by molar-refractivity contribution is 4.99. The van der Waals surface area contributed by atoms with Crippen molar-refractivity contribution in [2.24, 2.45) is 0 Å². The maximum atomic E-state index is 9.24. The van der Waals surface area contributed by atoms with Gasteiger partial charge in [-0.15, -0.1) is 0 Å². The van der Waals surface area contributed by atoms with Gasteiger partial charge in [-0.1, -0.05) is 11.6 Å². The second-order valence-corrected chi connectivity index (χ2v) is 3.23. The molecule has 0 fully saturated rings. The third kappa shape index (κ3) is 5.79. The van der Waals surface area contributed by atoms with Gasteiger partial charge in [0.15, 0.2) is 0 Å². The van der Waals surface area contributed by atoms with Gasteiger partial charge < -0.3 is 10.2 Å². The van der Waals surface area contributed by atoms with Gasteiger partial charge in [0, 0.05) is 0 Å². The average molecular weight is 144 g/mol. The first kappa shape index (κ1) is 9.66.